The lowest BCUT2D eigenvalue weighted by molar-refractivity contribution is -0.119. The third-order valence-electron chi connectivity index (χ3n) is 4.91. The molecule has 0 bridgehead atoms. The molecule has 0 saturated heterocycles. The van der Waals surface area contributed by atoms with Crippen molar-refractivity contribution >= 4 is 40.2 Å². The van der Waals surface area contributed by atoms with Crippen molar-refractivity contribution < 1.29 is 9.53 Å². The van der Waals surface area contributed by atoms with Gasteiger partial charge in [0.2, 0.25) is 5.91 Å². The van der Waals surface area contributed by atoms with E-state index in [9.17, 15) is 9.59 Å². The largest absolute Gasteiger partial charge is 0.495 e. The third-order valence-corrected chi connectivity index (χ3v) is 6.25. The van der Waals surface area contributed by atoms with Crippen LogP contribution >= 0.6 is 23.4 Å². The molecule has 0 aliphatic rings. The van der Waals surface area contributed by atoms with Gasteiger partial charge in [0.25, 0.3) is 5.56 Å². The van der Waals surface area contributed by atoms with E-state index in [4.69, 9.17) is 16.3 Å². The molecule has 164 valence electrons. The summed E-state index contributed by atoms with van der Waals surface area (Å²) in [7, 11) is 1.53. The van der Waals surface area contributed by atoms with E-state index >= 15 is 0 Å². The van der Waals surface area contributed by atoms with E-state index < -0.39 is 0 Å². The first-order chi connectivity index (χ1) is 14.8. The molecule has 0 unspecified atom stereocenters. The number of nitrogens with zero attached hydrogens (tertiary/aromatic N) is 2. The number of amides is 1. The molecule has 6 nitrogen and oxygen atoms in total. The predicted molar refractivity (Wildman–Crippen MR) is 127 cm³/mol. The van der Waals surface area contributed by atoms with Gasteiger partial charge in [-0.15, -0.1) is 0 Å². The van der Waals surface area contributed by atoms with Crippen LogP contribution in [-0.4, -0.2) is 34.4 Å². The Morgan fingerprint density at radius 3 is 2.77 bits per heavy atom. The highest BCUT2D eigenvalue weighted by Crippen LogP contribution is 2.32. The van der Waals surface area contributed by atoms with Gasteiger partial charge in [-0.3, -0.25) is 14.2 Å². The van der Waals surface area contributed by atoms with Crippen LogP contribution in [0.25, 0.3) is 16.6 Å². The summed E-state index contributed by atoms with van der Waals surface area (Å²) in [6, 6.07) is 10.7. The zero-order valence-corrected chi connectivity index (χ0v) is 19.6. The highest BCUT2D eigenvalue weighted by Gasteiger charge is 2.19. The molecule has 1 N–H and O–H groups in total. The zero-order valence-electron chi connectivity index (χ0n) is 18.1. The molecule has 3 aromatic rings. The second-order valence-electron chi connectivity index (χ2n) is 7.37. The number of nitrogens with one attached hydrogen (secondary N) is 1. The second kappa shape index (κ2) is 10.2. The number of benzene rings is 2. The summed E-state index contributed by atoms with van der Waals surface area (Å²) in [5.41, 5.74) is 1.69. The maximum Gasteiger partial charge on any atom is 0.266 e. The summed E-state index contributed by atoms with van der Waals surface area (Å²) in [6.45, 7) is 5.92. The Balaban J connectivity index is 2.08. The number of hydrogen-bond donors (Lipinski definition) is 1. The number of ether oxygens (including phenoxy) is 1. The number of carbonyl (C=O) groups is 1. The van der Waals surface area contributed by atoms with Crippen LogP contribution in [0.2, 0.25) is 5.02 Å². The van der Waals surface area contributed by atoms with E-state index in [2.05, 4.69) is 17.2 Å². The van der Waals surface area contributed by atoms with E-state index in [1.54, 1.807) is 30.3 Å². The minimum Gasteiger partial charge on any atom is -0.495 e. The molecule has 0 aliphatic carbocycles. The van der Waals surface area contributed by atoms with Crippen LogP contribution in [0.15, 0.2) is 46.3 Å². The van der Waals surface area contributed by atoms with Gasteiger partial charge in [0.15, 0.2) is 5.16 Å². The molecule has 1 heterocycles. The minimum absolute atomic E-state index is 0.0980. The molecule has 0 aliphatic heterocycles. The molecule has 1 atom stereocenters. The van der Waals surface area contributed by atoms with Gasteiger partial charge in [0.05, 0.1) is 29.5 Å². The van der Waals surface area contributed by atoms with Crippen molar-refractivity contribution in [3.63, 3.8) is 0 Å². The fourth-order valence-electron chi connectivity index (χ4n) is 3.36. The molecule has 0 fully saturated rings. The smallest absolute Gasteiger partial charge is 0.266 e. The SMILES string of the molecule is CCC[C@@H](C)NC(=O)CSc1nc2ccccc2c(=O)n1-c1cc(C)c(Cl)cc1OC. The monoisotopic (exact) mass is 459 g/mol. The number of fused-ring (bicyclic) bond motifs is 1. The molecule has 2 aromatic carbocycles. The molecular weight excluding hydrogens is 434 g/mol. The van der Waals surface area contributed by atoms with Crippen molar-refractivity contribution in [2.75, 3.05) is 12.9 Å². The average Bonchev–Trinajstić information content (AvgIpc) is 2.74. The summed E-state index contributed by atoms with van der Waals surface area (Å²) in [6.07, 6.45) is 1.91. The van der Waals surface area contributed by atoms with Crippen LogP contribution in [0.1, 0.15) is 32.3 Å². The lowest BCUT2D eigenvalue weighted by atomic mass is 10.2. The van der Waals surface area contributed by atoms with Gasteiger partial charge in [0, 0.05) is 17.1 Å². The Hall–Kier alpha value is -2.51. The van der Waals surface area contributed by atoms with Gasteiger partial charge in [0.1, 0.15) is 5.75 Å². The van der Waals surface area contributed by atoms with Crippen molar-refractivity contribution in [1.82, 2.24) is 14.9 Å². The third kappa shape index (κ3) is 5.22. The number of halogens is 1. The quantitative estimate of drug-likeness (QED) is 0.388. The minimum atomic E-state index is -0.229. The van der Waals surface area contributed by atoms with Gasteiger partial charge >= 0.3 is 0 Å². The number of carbonyl (C=O) groups excluding carboxylic acids is 1. The summed E-state index contributed by atoms with van der Waals surface area (Å²) >= 11 is 7.48. The normalized spacial score (nSPS) is 12.0. The number of methoxy groups -OCH3 is 1. The molecule has 3 rings (SSSR count). The molecule has 31 heavy (non-hydrogen) atoms. The van der Waals surface area contributed by atoms with E-state index in [1.165, 1.54) is 23.4 Å². The zero-order chi connectivity index (χ0) is 22.5. The van der Waals surface area contributed by atoms with Crippen molar-refractivity contribution in [1.29, 1.82) is 0 Å². The first-order valence-electron chi connectivity index (χ1n) is 10.1. The first-order valence-corrected chi connectivity index (χ1v) is 11.5. The number of para-hydroxylation sites is 1. The predicted octanol–water partition coefficient (Wildman–Crippen LogP) is 4.75. The second-order valence-corrected chi connectivity index (χ2v) is 8.72. The first kappa shape index (κ1) is 23.2. The van der Waals surface area contributed by atoms with Gasteiger partial charge < -0.3 is 10.1 Å². The topological polar surface area (TPSA) is 73.2 Å². The Kier molecular flexibility index (Phi) is 7.62. The highest BCUT2D eigenvalue weighted by atomic mass is 35.5. The van der Waals surface area contributed by atoms with E-state index in [0.717, 1.165) is 18.4 Å². The molecule has 1 aromatic heterocycles. The fraction of sp³-hybridized carbons (Fsp3) is 0.348. The van der Waals surface area contributed by atoms with Crippen molar-refractivity contribution in [3.8, 4) is 11.4 Å². The van der Waals surface area contributed by atoms with Gasteiger partial charge in [-0.2, -0.15) is 0 Å². The summed E-state index contributed by atoms with van der Waals surface area (Å²) < 4.78 is 7.00. The molecular formula is C23H26ClN3O3S. The molecule has 8 heteroatoms. The van der Waals surface area contributed by atoms with Crippen LogP contribution in [-0.2, 0) is 4.79 Å². The van der Waals surface area contributed by atoms with Crippen LogP contribution in [0.4, 0.5) is 0 Å². The van der Waals surface area contributed by atoms with Gasteiger partial charge in [-0.05, 0) is 44.0 Å². The van der Waals surface area contributed by atoms with Crippen LogP contribution in [0, 0.1) is 6.92 Å². The van der Waals surface area contributed by atoms with Crippen LogP contribution in [0.5, 0.6) is 5.75 Å². The number of thioether (sulfide) groups is 1. The molecule has 0 saturated carbocycles. The van der Waals surface area contributed by atoms with Crippen molar-refractivity contribution in [2.45, 2.75) is 44.8 Å². The Morgan fingerprint density at radius 1 is 1.32 bits per heavy atom. The Bertz CT molecular complexity index is 1160. The van der Waals surface area contributed by atoms with E-state index in [-0.39, 0.29) is 23.3 Å². The van der Waals surface area contributed by atoms with E-state index in [1.807, 2.05) is 19.9 Å². The van der Waals surface area contributed by atoms with Gasteiger partial charge in [-0.25, -0.2) is 4.98 Å². The van der Waals surface area contributed by atoms with Crippen LogP contribution in [0.3, 0.4) is 0 Å². The molecule has 0 spiro atoms. The number of aryl methyl sites for hydroxylation is 1. The lowest BCUT2D eigenvalue weighted by Gasteiger charge is -2.17. The summed E-state index contributed by atoms with van der Waals surface area (Å²) in [5, 5.41) is 4.43. The van der Waals surface area contributed by atoms with Crippen molar-refractivity contribution in [2.24, 2.45) is 0 Å². The van der Waals surface area contributed by atoms with Crippen molar-refractivity contribution in [3.05, 3.63) is 57.3 Å². The Labute approximate surface area is 191 Å². The number of rotatable bonds is 8. The fourth-order valence-corrected chi connectivity index (χ4v) is 4.33. The van der Waals surface area contributed by atoms with Gasteiger partial charge in [-0.1, -0.05) is 48.8 Å². The number of aromatic nitrogens is 2. The lowest BCUT2D eigenvalue weighted by Crippen LogP contribution is -2.34. The Morgan fingerprint density at radius 2 is 2.06 bits per heavy atom. The summed E-state index contributed by atoms with van der Waals surface area (Å²) in [5.74, 6) is 0.505. The highest BCUT2D eigenvalue weighted by molar-refractivity contribution is 7.99. The average molecular weight is 460 g/mol. The molecule has 1 amide bonds. The number of hydrogen-bond acceptors (Lipinski definition) is 5. The molecule has 0 radical (unpaired) electrons. The maximum atomic E-state index is 13.4. The van der Waals surface area contributed by atoms with Crippen LogP contribution < -0.4 is 15.6 Å². The summed E-state index contributed by atoms with van der Waals surface area (Å²) in [4.78, 5) is 30.6. The van der Waals surface area contributed by atoms with E-state index in [0.29, 0.717) is 32.5 Å². The maximum absolute atomic E-state index is 13.4. The standard InChI is InChI=1S/C23H26ClN3O3S/c1-5-8-15(3)25-21(28)13-31-23-26-18-10-7-6-9-16(18)22(29)27(23)19-11-14(2)17(24)12-20(19)30-4/h6-7,9-12,15H,5,8,13H2,1-4H3,(H,25,28)/t15-/m1/s1.